The predicted octanol–water partition coefficient (Wildman–Crippen LogP) is 1.80. The van der Waals surface area contributed by atoms with Crippen LogP contribution in [-0.2, 0) is 4.79 Å². The molecule has 118 valence electrons. The smallest absolute Gasteiger partial charge is 0.241 e. The summed E-state index contributed by atoms with van der Waals surface area (Å²) in [6, 6.07) is 7.03. The zero-order valence-electron chi connectivity index (χ0n) is 12.3. The van der Waals surface area contributed by atoms with Gasteiger partial charge in [-0.3, -0.25) is 4.79 Å². The minimum absolute atomic E-state index is 0. The molecule has 2 rings (SSSR count). The van der Waals surface area contributed by atoms with Gasteiger partial charge in [0.1, 0.15) is 5.75 Å². The molecule has 0 aromatic heterocycles. The Kier molecular flexibility index (Phi) is 6.95. The van der Waals surface area contributed by atoms with Gasteiger partial charge < -0.3 is 20.5 Å². The van der Waals surface area contributed by atoms with Gasteiger partial charge in [-0.2, -0.15) is 0 Å². The first-order chi connectivity index (χ1) is 9.54. The number of nitrogens with one attached hydrogen (secondary N) is 2. The monoisotopic (exact) mass is 314 g/mol. The van der Waals surface area contributed by atoms with Crippen LogP contribution >= 0.6 is 12.4 Å². The van der Waals surface area contributed by atoms with E-state index >= 15 is 0 Å². The zero-order valence-corrected chi connectivity index (χ0v) is 13.2. The van der Waals surface area contributed by atoms with Gasteiger partial charge in [-0.25, -0.2) is 0 Å². The van der Waals surface area contributed by atoms with Crippen molar-refractivity contribution in [3.8, 4) is 5.75 Å². The van der Waals surface area contributed by atoms with E-state index in [1.54, 1.807) is 0 Å². The molecule has 1 heterocycles. The fourth-order valence-electron chi connectivity index (χ4n) is 2.07. The van der Waals surface area contributed by atoms with Crippen LogP contribution in [0.5, 0.6) is 5.75 Å². The molecule has 0 aliphatic carbocycles. The molecule has 0 radical (unpaired) electrons. The summed E-state index contributed by atoms with van der Waals surface area (Å²) in [4.78, 5) is 12.0. The number of carbonyl (C=O) groups is 1. The summed E-state index contributed by atoms with van der Waals surface area (Å²) < 4.78 is 5.63. The van der Waals surface area contributed by atoms with Crippen LogP contribution in [0.4, 0.5) is 5.69 Å². The van der Waals surface area contributed by atoms with E-state index < -0.39 is 6.10 Å². The first-order valence-electron chi connectivity index (χ1n) is 7.00. The molecule has 3 N–H and O–H groups in total. The highest BCUT2D eigenvalue weighted by Crippen LogP contribution is 2.19. The fourth-order valence-corrected chi connectivity index (χ4v) is 2.07. The second kappa shape index (κ2) is 8.22. The van der Waals surface area contributed by atoms with E-state index in [0.29, 0.717) is 31.2 Å². The topological polar surface area (TPSA) is 70.6 Å². The summed E-state index contributed by atoms with van der Waals surface area (Å²) >= 11 is 0. The van der Waals surface area contributed by atoms with Crippen LogP contribution in [0.15, 0.2) is 24.3 Å². The molecular formula is C15H23ClN2O3. The number of hydrogen-bond acceptors (Lipinski definition) is 4. The maximum absolute atomic E-state index is 12.0. The standard InChI is InChI=1S/C15H22N2O3.ClH/c1-10(2)9-20-13-5-3-4-11(6-13)17-15(19)14-7-12(18)8-16-14;/h3-6,10,12,14,16,18H,7-9H2,1-2H3,(H,17,19);1H. The summed E-state index contributed by atoms with van der Waals surface area (Å²) in [5.41, 5.74) is 0.708. The Bertz CT molecular complexity index is 468. The van der Waals surface area contributed by atoms with Crippen molar-refractivity contribution in [1.29, 1.82) is 0 Å². The summed E-state index contributed by atoms with van der Waals surface area (Å²) in [7, 11) is 0. The van der Waals surface area contributed by atoms with Crippen LogP contribution in [0.25, 0.3) is 0 Å². The maximum Gasteiger partial charge on any atom is 0.241 e. The third-order valence-corrected chi connectivity index (χ3v) is 3.11. The first-order valence-corrected chi connectivity index (χ1v) is 7.00. The summed E-state index contributed by atoms with van der Waals surface area (Å²) in [6.45, 7) is 5.29. The fraction of sp³-hybridized carbons (Fsp3) is 0.533. The van der Waals surface area contributed by atoms with Crippen LogP contribution in [0, 0.1) is 5.92 Å². The van der Waals surface area contributed by atoms with Crippen LogP contribution in [0.1, 0.15) is 20.3 Å². The van der Waals surface area contributed by atoms with E-state index in [9.17, 15) is 9.90 Å². The molecule has 0 saturated carbocycles. The molecule has 1 aliphatic heterocycles. The molecular weight excluding hydrogens is 292 g/mol. The summed E-state index contributed by atoms with van der Waals surface area (Å²) in [5, 5.41) is 15.2. The highest BCUT2D eigenvalue weighted by atomic mass is 35.5. The van der Waals surface area contributed by atoms with E-state index in [2.05, 4.69) is 24.5 Å². The van der Waals surface area contributed by atoms with Crippen molar-refractivity contribution in [2.45, 2.75) is 32.4 Å². The average molecular weight is 315 g/mol. The van der Waals surface area contributed by atoms with Crippen LogP contribution in [0.3, 0.4) is 0 Å². The Morgan fingerprint density at radius 3 is 2.90 bits per heavy atom. The molecule has 21 heavy (non-hydrogen) atoms. The van der Waals surface area contributed by atoms with Crippen molar-refractivity contribution in [3.63, 3.8) is 0 Å². The Hall–Kier alpha value is -1.30. The van der Waals surface area contributed by atoms with Gasteiger partial charge >= 0.3 is 0 Å². The molecule has 0 bridgehead atoms. The number of rotatable bonds is 5. The lowest BCUT2D eigenvalue weighted by Crippen LogP contribution is -2.35. The van der Waals surface area contributed by atoms with Crippen molar-refractivity contribution in [1.82, 2.24) is 5.32 Å². The van der Waals surface area contributed by atoms with Crippen LogP contribution in [0.2, 0.25) is 0 Å². The SMILES string of the molecule is CC(C)COc1cccc(NC(=O)C2CC(O)CN2)c1.Cl. The molecule has 2 atom stereocenters. The van der Waals surface area contributed by atoms with Crippen LogP contribution < -0.4 is 15.4 Å². The number of ether oxygens (including phenoxy) is 1. The van der Waals surface area contributed by atoms with Gasteiger partial charge in [-0.15, -0.1) is 12.4 Å². The Balaban J connectivity index is 0.00000220. The van der Waals surface area contributed by atoms with Gasteiger partial charge in [0.2, 0.25) is 5.91 Å². The van der Waals surface area contributed by atoms with E-state index in [4.69, 9.17) is 4.74 Å². The van der Waals surface area contributed by atoms with Crippen molar-refractivity contribution < 1.29 is 14.6 Å². The molecule has 1 aliphatic rings. The minimum atomic E-state index is -0.438. The van der Waals surface area contributed by atoms with Gasteiger partial charge in [-0.1, -0.05) is 19.9 Å². The Morgan fingerprint density at radius 1 is 1.52 bits per heavy atom. The average Bonchev–Trinajstić information content (AvgIpc) is 2.84. The quantitative estimate of drug-likeness (QED) is 0.775. The molecule has 6 heteroatoms. The second-order valence-corrected chi connectivity index (χ2v) is 5.57. The zero-order chi connectivity index (χ0) is 14.5. The van der Waals surface area contributed by atoms with Crippen molar-refractivity contribution in [2.75, 3.05) is 18.5 Å². The molecule has 1 saturated heterocycles. The number of β-amino-alcohol motifs (C(OH)–C–C–N with tert-alkyl or cyclic N) is 1. The van der Waals surface area contributed by atoms with E-state index in [1.807, 2.05) is 24.3 Å². The van der Waals surface area contributed by atoms with Gasteiger partial charge in [-0.05, 0) is 24.5 Å². The molecule has 2 unspecified atom stereocenters. The Labute approximate surface area is 131 Å². The van der Waals surface area contributed by atoms with Crippen molar-refractivity contribution in [2.24, 2.45) is 5.92 Å². The number of benzene rings is 1. The molecule has 1 aromatic carbocycles. The normalized spacial score (nSPS) is 21.0. The molecule has 1 fully saturated rings. The number of hydrogen-bond donors (Lipinski definition) is 3. The van der Waals surface area contributed by atoms with E-state index in [0.717, 1.165) is 5.75 Å². The maximum atomic E-state index is 12.0. The van der Waals surface area contributed by atoms with Gasteiger partial charge in [0.05, 0.1) is 18.8 Å². The number of amides is 1. The third-order valence-electron chi connectivity index (χ3n) is 3.11. The molecule has 1 aromatic rings. The second-order valence-electron chi connectivity index (χ2n) is 5.57. The van der Waals surface area contributed by atoms with Crippen molar-refractivity contribution in [3.05, 3.63) is 24.3 Å². The number of anilines is 1. The van der Waals surface area contributed by atoms with Crippen molar-refractivity contribution >= 4 is 24.0 Å². The number of aliphatic hydroxyl groups excluding tert-OH is 1. The summed E-state index contributed by atoms with van der Waals surface area (Å²) in [6.07, 6.45) is 0.0153. The van der Waals surface area contributed by atoms with Gasteiger partial charge in [0.15, 0.2) is 0 Å². The molecule has 5 nitrogen and oxygen atoms in total. The van der Waals surface area contributed by atoms with Gasteiger partial charge in [0, 0.05) is 18.3 Å². The highest BCUT2D eigenvalue weighted by molar-refractivity contribution is 5.95. The first kappa shape index (κ1) is 17.8. The van der Waals surface area contributed by atoms with E-state index in [1.165, 1.54) is 0 Å². The highest BCUT2D eigenvalue weighted by Gasteiger charge is 2.27. The lowest BCUT2D eigenvalue weighted by atomic mass is 10.2. The molecule has 0 spiro atoms. The lowest BCUT2D eigenvalue weighted by molar-refractivity contribution is -0.117. The number of aliphatic hydroxyl groups is 1. The number of carbonyl (C=O) groups excluding carboxylic acids is 1. The van der Waals surface area contributed by atoms with Gasteiger partial charge in [0.25, 0.3) is 0 Å². The van der Waals surface area contributed by atoms with E-state index in [-0.39, 0.29) is 24.4 Å². The number of halogens is 1. The van der Waals surface area contributed by atoms with Crippen LogP contribution in [-0.4, -0.2) is 36.3 Å². The third kappa shape index (κ3) is 5.53. The lowest BCUT2D eigenvalue weighted by Gasteiger charge is -2.13. The largest absolute Gasteiger partial charge is 0.493 e. The Morgan fingerprint density at radius 2 is 2.29 bits per heavy atom. The molecule has 1 amide bonds. The summed E-state index contributed by atoms with van der Waals surface area (Å²) in [5.74, 6) is 1.08. The minimum Gasteiger partial charge on any atom is -0.493 e. The predicted molar refractivity (Wildman–Crippen MR) is 85.1 cm³/mol.